The summed E-state index contributed by atoms with van der Waals surface area (Å²) in [5.74, 6) is -0.192. The number of anilines is 1. The Morgan fingerprint density at radius 1 is 0.833 bits per heavy atom. The van der Waals surface area contributed by atoms with Crippen LogP contribution in [0.15, 0.2) is 84.9 Å². The van der Waals surface area contributed by atoms with Gasteiger partial charge in [-0.1, -0.05) is 86.1 Å². The van der Waals surface area contributed by atoms with Gasteiger partial charge < -0.3 is 16.0 Å². The fourth-order valence-corrected chi connectivity index (χ4v) is 3.28. The van der Waals surface area contributed by atoms with Gasteiger partial charge in [-0.15, -0.1) is 0 Å². The van der Waals surface area contributed by atoms with Gasteiger partial charge in [-0.3, -0.25) is 4.79 Å². The first-order valence-corrected chi connectivity index (χ1v) is 10.2. The first-order valence-electron chi connectivity index (χ1n) is 10.2. The van der Waals surface area contributed by atoms with E-state index in [4.69, 9.17) is 0 Å². The van der Waals surface area contributed by atoms with Gasteiger partial charge in [0.25, 0.3) is 0 Å². The molecule has 3 aromatic carbocycles. The van der Waals surface area contributed by atoms with E-state index in [0.29, 0.717) is 18.7 Å². The Bertz CT molecular complexity index is 958. The third-order valence-electron chi connectivity index (χ3n) is 4.79. The van der Waals surface area contributed by atoms with Gasteiger partial charge in [0.05, 0.1) is 0 Å². The molecule has 30 heavy (non-hydrogen) atoms. The van der Waals surface area contributed by atoms with Crippen molar-refractivity contribution in [3.8, 4) is 11.1 Å². The zero-order valence-corrected chi connectivity index (χ0v) is 17.1. The third-order valence-corrected chi connectivity index (χ3v) is 4.79. The molecule has 3 rings (SSSR count). The Balaban J connectivity index is 1.63. The molecule has 0 spiro atoms. The van der Waals surface area contributed by atoms with E-state index in [0.717, 1.165) is 23.1 Å². The van der Waals surface area contributed by atoms with Crippen molar-refractivity contribution in [3.05, 3.63) is 90.5 Å². The van der Waals surface area contributed by atoms with Gasteiger partial charge in [-0.05, 0) is 35.2 Å². The lowest BCUT2D eigenvalue weighted by Gasteiger charge is -2.19. The summed E-state index contributed by atoms with van der Waals surface area (Å²) in [5.41, 5.74) is 3.90. The molecule has 0 saturated heterocycles. The molecular formula is C25H27N3O2. The second kappa shape index (κ2) is 10.8. The number of carbonyl (C=O) groups excluding carboxylic acids is 2. The van der Waals surface area contributed by atoms with Crippen LogP contribution in [-0.4, -0.2) is 18.0 Å². The lowest BCUT2D eigenvalue weighted by atomic mass is 9.99. The zero-order chi connectivity index (χ0) is 21.2. The number of para-hydroxylation sites is 1. The number of carbonyl (C=O) groups is 2. The molecule has 3 N–H and O–H groups in total. The SMILES string of the molecule is CCCC(NC(=O)Nc1ccccc1)C(=O)NCc1ccccc1-c1ccccc1. The predicted molar refractivity (Wildman–Crippen MR) is 121 cm³/mol. The first-order chi connectivity index (χ1) is 14.7. The average molecular weight is 402 g/mol. The number of benzene rings is 3. The summed E-state index contributed by atoms with van der Waals surface area (Å²) >= 11 is 0. The topological polar surface area (TPSA) is 70.2 Å². The first kappa shape index (κ1) is 21.1. The molecule has 0 aliphatic carbocycles. The Morgan fingerprint density at radius 3 is 2.17 bits per heavy atom. The number of nitrogens with one attached hydrogen (secondary N) is 3. The van der Waals surface area contributed by atoms with Crippen molar-refractivity contribution < 1.29 is 9.59 Å². The van der Waals surface area contributed by atoms with Gasteiger partial charge in [0, 0.05) is 12.2 Å². The van der Waals surface area contributed by atoms with Gasteiger partial charge in [0.1, 0.15) is 6.04 Å². The van der Waals surface area contributed by atoms with Crippen LogP contribution in [0.1, 0.15) is 25.3 Å². The minimum Gasteiger partial charge on any atom is -0.350 e. The Morgan fingerprint density at radius 2 is 1.47 bits per heavy atom. The fraction of sp³-hybridized carbons (Fsp3) is 0.200. The van der Waals surface area contributed by atoms with Crippen molar-refractivity contribution >= 4 is 17.6 Å². The van der Waals surface area contributed by atoms with Crippen LogP contribution in [-0.2, 0) is 11.3 Å². The molecule has 0 saturated carbocycles. The molecule has 154 valence electrons. The van der Waals surface area contributed by atoms with Gasteiger partial charge in [0.2, 0.25) is 5.91 Å². The van der Waals surface area contributed by atoms with Gasteiger partial charge in [-0.25, -0.2) is 4.79 Å². The highest BCUT2D eigenvalue weighted by atomic mass is 16.2. The number of hydrogen-bond donors (Lipinski definition) is 3. The molecule has 0 bridgehead atoms. The molecule has 5 nitrogen and oxygen atoms in total. The van der Waals surface area contributed by atoms with Gasteiger partial charge in [0.15, 0.2) is 0 Å². The monoisotopic (exact) mass is 401 g/mol. The molecular weight excluding hydrogens is 374 g/mol. The van der Waals surface area contributed by atoms with Gasteiger partial charge in [-0.2, -0.15) is 0 Å². The van der Waals surface area contributed by atoms with E-state index in [2.05, 4.69) is 28.1 Å². The largest absolute Gasteiger partial charge is 0.350 e. The average Bonchev–Trinajstić information content (AvgIpc) is 2.78. The number of amides is 3. The molecule has 5 heteroatoms. The van der Waals surface area contributed by atoms with E-state index in [1.54, 1.807) is 12.1 Å². The molecule has 0 heterocycles. The molecule has 0 aromatic heterocycles. The molecule has 0 aliphatic heterocycles. The predicted octanol–water partition coefficient (Wildman–Crippen LogP) is 4.96. The van der Waals surface area contributed by atoms with Crippen LogP contribution in [0.5, 0.6) is 0 Å². The van der Waals surface area contributed by atoms with E-state index in [-0.39, 0.29) is 11.9 Å². The minimum atomic E-state index is -0.595. The van der Waals surface area contributed by atoms with Crippen LogP contribution >= 0.6 is 0 Å². The molecule has 1 atom stereocenters. The Labute approximate surface area is 177 Å². The highest BCUT2D eigenvalue weighted by Crippen LogP contribution is 2.23. The quantitative estimate of drug-likeness (QED) is 0.499. The number of rotatable bonds is 8. The fourth-order valence-electron chi connectivity index (χ4n) is 3.28. The van der Waals surface area contributed by atoms with Crippen LogP contribution in [0.3, 0.4) is 0 Å². The van der Waals surface area contributed by atoms with Crippen LogP contribution in [0.25, 0.3) is 11.1 Å². The lowest BCUT2D eigenvalue weighted by Crippen LogP contribution is -2.47. The molecule has 3 amide bonds. The summed E-state index contributed by atoms with van der Waals surface area (Å²) in [6.45, 7) is 2.38. The highest BCUT2D eigenvalue weighted by molar-refractivity contribution is 5.93. The molecule has 0 aliphatic rings. The molecule has 0 radical (unpaired) electrons. The zero-order valence-electron chi connectivity index (χ0n) is 17.1. The minimum absolute atomic E-state index is 0.192. The van der Waals surface area contributed by atoms with Crippen LogP contribution in [0.2, 0.25) is 0 Å². The number of urea groups is 1. The van der Waals surface area contributed by atoms with E-state index in [1.165, 1.54) is 0 Å². The summed E-state index contributed by atoms with van der Waals surface area (Å²) in [7, 11) is 0. The maximum absolute atomic E-state index is 12.8. The van der Waals surface area contributed by atoms with Crippen molar-refractivity contribution in [2.45, 2.75) is 32.4 Å². The van der Waals surface area contributed by atoms with Crippen molar-refractivity contribution in [1.29, 1.82) is 0 Å². The normalized spacial score (nSPS) is 11.4. The molecule has 3 aromatic rings. The summed E-state index contributed by atoms with van der Waals surface area (Å²) in [5, 5.41) is 8.53. The van der Waals surface area contributed by atoms with E-state index in [1.807, 2.05) is 67.6 Å². The van der Waals surface area contributed by atoms with E-state index in [9.17, 15) is 9.59 Å². The maximum Gasteiger partial charge on any atom is 0.319 e. The van der Waals surface area contributed by atoms with E-state index < -0.39 is 6.04 Å². The second-order valence-electron chi connectivity index (χ2n) is 7.05. The van der Waals surface area contributed by atoms with Crippen molar-refractivity contribution in [1.82, 2.24) is 10.6 Å². The Hall–Kier alpha value is -3.60. The summed E-state index contributed by atoms with van der Waals surface area (Å²) in [6, 6.07) is 26.3. The summed E-state index contributed by atoms with van der Waals surface area (Å²) in [6.07, 6.45) is 1.35. The van der Waals surface area contributed by atoms with Crippen molar-refractivity contribution in [2.24, 2.45) is 0 Å². The lowest BCUT2D eigenvalue weighted by molar-refractivity contribution is -0.123. The van der Waals surface area contributed by atoms with Crippen LogP contribution in [0.4, 0.5) is 10.5 Å². The van der Waals surface area contributed by atoms with Crippen LogP contribution < -0.4 is 16.0 Å². The van der Waals surface area contributed by atoms with Crippen LogP contribution in [0, 0.1) is 0 Å². The summed E-state index contributed by atoms with van der Waals surface area (Å²) in [4.78, 5) is 25.1. The standard InChI is InChI=1S/C25H27N3O2/c1-2-11-23(28-25(30)27-21-15-7-4-8-16-21)24(29)26-18-20-14-9-10-17-22(20)19-12-5-3-6-13-19/h3-10,12-17,23H,2,11,18H2,1H3,(H,26,29)(H2,27,28,30). The smallest absolute Gasteiger partial charge is 0.319 e. The summed E-state index contributed by atoms with van der Waals surface area (Å²) < 4.78 is 0. The van der Waals surface area contributed by atoms with Crippen molar-refractivity contribution in [3.63, 3.8) is 0 Å². The molecule has 1 unspecified atom stereocenters. The maximum atomic E-state index is 12.8. The van der Waals surface area contributed by atoms with Gasteiger partial charge >= 0.3 is 6.03 Å². The second-order valence-corrected chi connectivity index (χ2v) is 7.05. The molecule has 0 fully saturated rings. The highest BCUT2D eigenvalue weighted by Gasteiger charge is 2.20. The third kappa shape index (κ3) is 5.95. The number of hydrogen-bond acceptors (Lipinski definition) is 2. The van der Waals surface area contributed by atoms with E-state index >= 15 is 0 Å². The Kier molecular flexibility index (Phi) is 7.61. The van der Waals surface area contributed by atoms with Crippen molar-refractivity contribution in [2.75, 3.05) is 5.32 Å².